The summed E-state index contributed by atoms with van der Waals surface area (Å²) in [5.41, 5.74) is 5.49. The van der Waals surface area contributed by atoms with E-state index in [0.29, 0.717) is 19.5 Å². The van der Waals surface area contributed by atoms with Crippen LogP contribution >= 0.6 is 11.6 Å². The van der Waals surface area contributed by atoms with Crippen molar-refractivity contribution < 1.29 is 13.3 Å². The summed E-state index contributed by atoms with van der Waals surface area (Å²) < 4.78 is 26.4. The van der Waals surface area contributed by atoms with E-state index in [0.717, 1.165) is 6.07 Å². The van der Waals surface area contributed by atoms with Crippen molar-refractivity contribution in [1.82, 2.24) is 4.31 Å². The number of rotatable bonds is 4. The summed E-state index contributed by atoms with van der Waals surface area (Å²) in [7, 11) is -3.85. The van der Waals surface area contributed by atoms with Gasteiger partial charge in [0.2, 0.25) is 10.0 Å². The van der Waals surface area contributed by atoms with E-state index in [1.165, 1.54) is 16.4 Å². The molecular weight excluding hydrogens is 318 g/mol. The van der Waals surface area contributed by atoms with Crippen LogP contribution in [0.5, 0.6) is 0 Å². The fourth-order valence-electron chi connectivity index (χ4n) is 2.34. The predicted molar refractivity (Wildman–Crippen MR) is 78.6 cm³/mol. The van der Waals surface area contributed by atoms with Crippen molar-refractivity contribution in [2.75, 3.05) is 13.1 Å². The molecular formula is C12H16ClN3O4S. The Hall–Kier alpha value is -1.22. The number of benzene rings is 1. The van der Waals surface area contributed by atoms with Crippen molar-refractivity contribution >= 4 is 27.3 Å². The maximum Gasteiger partial charge on any atom is 0.270 e. The number of sulfonamides is 1. The van der Waals surface area contributed by atoms with Gasteiger partial charge in [-0.2, -0.15) is 4.31 Å². The van der Waals surface area contributed by atoms with Gasteiger partial charge in [-0.05, 0) is 25.3 Å². The Labute approximate surface area is 127 Å². The number of hydrogen-bond acceptors (Lipinski definition) is 5. The molecule has 2 unspecified atom stereocenters. The van der Waals surface area contributed by atoms with Gasteiger partial charge >= 0.3 is 0 Å². The van der Waals surface area contributed by atoms with Crippen molar-refractivity contribution in [2.24, 2.45) is 11.7 Å². The highest BCUT2D eigenvalue weighted by Gasteiger charge is 2.35. The van der Waals surface area contributed by atoms with E-state index in [9.17, 15) is 18.5 Å². The lowest BCUT2D eigenvalue weighted by atomic mass is 10.0. The van der Waals surface area contributed by atoms with Crippen LogP contribution < -0.4 is 5.73 Å². The normalized spacial score (nSPS) is 21.4. The lowest BCUT2D eigenvalue weighted by Gasteiger charge is -2.18. The predicted octanol–water partition coefficient (Wildman–Crippen LogP) is 1.61. The molecule has 2 atom stereocenters. The maximum atomic E-state index is 12.6. The molecule has 1 saturated heterocycles. The zero-order valence-corrected chi connectivity index (χ0v) is 13.0. The maximum absolute atomic E-state index is 12.6. The average Bonchev–Trinajstić information content (AvgIpc) is 2.89. The molecule has 0 radical (unpaired) electrons. The first-order valence-corrected chi connectivity index (χ1v) is 8.25. The van der Waals surface area contributed by atoms with Gasteiger partial charge in [0.15, 0.2) is 0 Å². The molecule has 0 amide bonds. The highest BCUT2D eigenvalue weighted by Crippen LogP contribution is 2.31. The largest absolute Gasteiger partial charge is 0.328 e. The Kier molecular flexibility index (Phi) is 4.52. The third-order valence-corrected chi connectivity index (χ3v) is 6.02. The lowest BCUT2D eigenvalue weighted by molar-refractivity contribution is -0.385. The van der Waals surface area contributed by atoms with Gasteiger partial charge in [0.1, 0.15) is 4.90 Å². The Bertz CT molecular complexity index is 662. The Morgan fingerprint density at radius 1 is 1.52 bits per heavy atom. The summed E-state index contributed by atoms with van der Waals surface area (Å²) in [4.78, 5) is 9.91. The summed E-state index contributed by atoms with van der Waals surface area (Å²) in [5, 5.41) is 10.8. The zero-order chi connectivity index (χ0) is 15.8. The van der Waals surface area contributed by atoms with Crippen molar-refractivity contribution in [3.8, 4) is 0 Å². The third-order valence-electron chi connectivity index (χ3n) is 3.67. The molecule has 1 aromatic carbocycles. The summed E-state index contributed by atoms with van der Waals surface area (Å²) >= 11 is 5.91. The number of nitrogens with zero attached hydrogens (tertiary/aromatic N) is 2. The first-order valence-electron chi connectivity index (χ1n) is 6.43. The molecule has 1 heterocycles. The SMILES string of the molecule is CC(N)C1CCN(S(=O)(=O)c2cc([N+](=O)[O-])ccc2Cl)C1. The van der Waals surface area contributed by atoms with Crippen LogP contribution in [0.4, 0.5) is 5.69 Å². The third kappa shape index (κ3) is 3.18. The quantitative estimate of drug-likeness (QED) is 0.665. The van der Waals surface area contributed by atoms with Crippen molar-refractivity contribution in [3.63, 3.8) is 0 Å². The molecule has 2 rings (SSSR count). The Balaban J connectivity index is 2.36. The van der Waals surface area contributed by atoms with Crippen LogP contribution in [0, 0.1) is 16.0 Å². The van der Waals surface area contributed by atoms with Crippen LogP contribution in [0.3, 0.4) is 0 Å². The van der Waals surface area contributed by atoms with E-state index in [-0.39, 0.29) is 27.6 Å². The number of halogens is 1. The van der Waals surface area contributed by atoms with Crippen LogP contribution in [-0.2, 0) is 10.0 Å². The summed E-state index contributed by atoms with van der Waals surface area (Å²) in [6.45, 7) is 2.48. The van der Waals surface area contributed by atoms with Crippen LogP contribution in [0.1, 0.15) is 13.3 Å². The molecule has 1 aliphatic heterocycles. The average molecular weight is 334 g/mol. The molecule has 116 valence electrons. The van der Waals surface area contributed by atoms with Crippen LogP contribution in [-0.4, -0.2) is 36.8 Å². The van der Waals surface area contributed by atoms with Crippen LogP contribution in [0.2, 0.25) is 5.02 Å². The van der Waals surface area contributed by atoms with Gasteiger partial charge < -0.3 is 5.73 Å². The number of nitro benzene ring substituents is 1. The van der Waals surface area contributed by atoms with E-state index in [2.05, 4.69) is 0 Å². The number of hydrogen-bond donors (Lipinski definition) is 1. The minimum atomic E-state index is -3.85. The van der Waals surface area contributed by atoms with Crippen molar-refractivity contribution in [3.05, 3.63) is 33.3 Å². The number of nitrogens with two attached hydrogens (primary N) is 1. The smallest absolute Gasteiger partial charge is 0.270 e. The first kappa shape index (κ1) is 16.2. The van der Waals surface area contributed by atoms with Gasteiger partial charge in [0.25, 0.3) is 5.69 Å². The molecule has 0 spiro atoms. The second-order valence-corrected chi connectivity index (χ2v) is 7.46. The van der Waals surface area contributed by atoms with Crippen LogP contribution in [0.15, 0.2) is 23.1 Å². The molecule has 1 aromatic rings. The van der Waals surface area contributed by atoms with Gasteiger partial charge in [-0.1, -0.05) is 11.6 Å². The second-order valence-electron chi connectivity index (χ2n) is 5.14. The Morgan fingerprint density at radius 3 is 2.71 bits per heavy atom. The first-order chi connectivity index (χ1) is 9.73. The molecule has 1 aliphatic rings. The highest BCUT2D eigenvalue weighted by atomic mass is 35.5. The van der Waals surface area contributed by atoms with Gasteiger partial charge in [-0.3, -0.25) is 10.1 Å². The zero-order valence-electron chi connectivity index (χ0n) is 11.4. The number of nitro groups is 1. The van der Waals surface area contributed by atoms with Gasteiger partial charge in [0.05, 0.1) is 9.95 Å². The molecule has 9 heteroatoms. The fourth-order valence-corrected chi connectivity index (χ4v) is 4.35. The van der Waals surface area contributed by atoms with E-state index in [1.807, 2.05) is 6.92 Å². The second kappa shape index (κ2) is 5.88. The molecule has 7 nitrogen and oxygen atoms in total. The standard InChI is InChI=1S/C12H16ClN3O4S/c1-8(14)9-4-5-15(7-9)21(19,20)12-6-10(16(17)18)2-3-11(12)13/h2-3,6,8-9H,4-5,7,14H2,1H3. The lowest BCUT2D eigenvalue weighted by Crippen LogP contribution is -2.33. The minimum Gasteiger partial charge on any atom is -0.328 e. The molecule has 1 fully saturated rings. The molecule has 2 N–H and O–H groups in total. The molecule has 0 saturated carbocycles. The summed E-state index contributed by atoms with van der Waals surface area (Å²) in [5.74, 6) is 0.0808. The van der Waals surface area contributed by atoms with E-state index >= 15 is 0 Å². The number of non-ortho nitro benzene ring substituents is 1. The van der Waals surface area contributed by atoms with Crippen molar-refractivity contribution in [1.29, 1.82) is 0 Å². The van der Waals surface area contributed by atoms with E-state index < -0.39 is 14.9 Å². The minimum absolute atomic E-state index is 0.0233. The van der Waals surface area contributed by atoms with E-state index in [1.54, 1.807) is 0 Å². The topological polar surface area (TPSA) is 107 Å². The monoisotopic (exact) mass is 333 g/mol. The van der Waals surface area contributed by atoms with Crippen LogP contribution in [0.25, 0.3) is 0 Å². The molecule has 21 heavy (non-hydrogen) atoms. The van der Waals surface area contributed by atoms with Gasteiger partial charge in [-0.15, -0.1) is 0 Å². The van der Waals surface area contributed by atoms with E-state index in [4.69, 9.17) is 17.3 Å². The molecule has 0 bridgehead atoms. The van der Waals surface area contributed by atoms with Gasteiger partial charge in [-0.25, -0.2) is 8.42 Å². The summed E-state index contributed by atoms with van der Waals surface area (Å²) in [6.07, 6.45) is 0.670. The van der Waals surface area contributed by atoms with Gasteiger partial charge in [0, 0.05) is 31.3 Å². The highest BCUT2D eigenvalue weighted by molar-refractivity contribution is 7.89. The summed E-state index contributed by atoms with van der Waals surface area (Å²) in [6, 6.07) is 3.30. The van der Waals surface area contributed by atoms with Crippen molar-refractivity contribution in [2.45, 2.75) is 24.3 Å². The molecule has 0 aromatic heterocycles. The molecule has 0 aliphatic carbocycles. The fraction of sp³-hybridized carbons (Fsp3) is 0.500. The Morgan fingerprint density at radius 2 is 2.19 bits per heavy atom.